The molecule has 0 bridgehead atoms. The SMILES string of the molecule is CC(C)(C)NC(CCC(=O)O)C(N)=O. The second kappa shape index (κ2) is 4.95. The van der Waals surface area contributed by atoms with Crippen LogP contribution in [0.4, 0.5) is 0 Å². The molecule has 0 aromatic carbocycles. The highest BCUT2D eigenvalue weighted by molar-refractivity contribution is 5.80. The lowest BCUT2D eigenvalue weighted by Crippen LogP contribution is -2.50. The van der Waals surface area contributed by atoms with Crippen molar-refractivity contribution >= 4 is 11.9 Å². The maximum Gasteiger partial charge on any atom is 0.303 e. The zero-order valence-corrected chi connectivity index (χ0v) is 8.83. The number of carbonyl (C=O) groups excluding carboxylic acids is 1. The summed E-state index contributed by atoms with van der Waals surface area (Å²) < 4.78 is 0. The third-order valence-electron chi connectivity index (χ3n) is 1.60. The molecule has 82 valence electrons. The predicted octanol–water partition coefficient (Wildman–Crippen LogP) is 0.0932. The van der Waals surface area contributed by atoms with Crippen molar-refractivity contribution in [3.05, 3.63) is 0 Å². The lowest BCUT2D eigenvalue weighted by atomic mass is 10.0. The summed E-state index contributed by atoms with van der Waals surface area (Å²) in [4.78, 5) is 21.3. The molecule has 5 heteroatoms. The van der Waals surface area contributed by atoms with Crippen molar-refractivity contribution in [2.75, 3.05) is 0 Å². The summed E-state index contributed by atoms with van der Waals surface area (Å²) in [5.41, 5.74) is 4.88. The number of rotatable bonds is 5. The Labute approximate surface area is 83.7 Å². The minimum atomic E-state index is -0.924. The number of carboxylic acids is 1. The minimum Gasteiger partial charge on any atom is -0.481 e. The molecule has 0 heterocycles. The minimum absolute atomic E-state index is 0.0588. The van der Waals surface area contributed by atoms with Gasteiger partial charge in [-0.2, -0.15) is 0 Å². The second-order valence-corrected chi connectivity index (χ2v) is 4.28. The summed E-state index contributed by atoms with van der Waals surface area (Å²) in [6.07, 6.45) is 0.165. The fourth-order valence-electron chi connectivity index (χ4n) is 1.08. The number of carboxylic acid groups (broad SMARTS) is 1. The van der Waals surface area contributed by atoms with Crippen LogP contribution in [0.25, 0.3) is 0 Å². The molecule has 0 radical (unpaired) electrons. The smallest absolute Gasteiger partial charge is 0.303 e. The van der Waals surface area contributed by atoms with Crippen LogP contribution in [0.5, 0.6) is 0 Å². The van der Waals surface area contributed by atoms with Crippen molar-refractivity contribution in [2.45, 2.75) is 45.2 Å². The Morgan fingerprint density at radius 3 is 2.21 bits per heavy atom. The molecule has 4 N–H and O–H groups in total. The third-order valence-corrected chi connectivity index (χ3v) is 1.60. The lowest BCUT2D eigenvalue weighted by molar-refractivity contribution is -0.137. The summed E-state index contributed by atoms with van der Waals surface area (Å²) in [5.74, 6) is -1.44. The van der Waals surface area contributed by atoms with Gasteiger partial charge in [-0.1, -0.05) is 0 Å². The van der Waals surface area contributed by atoms with Crippen LogP contribution < -0.4 is 11.1 Å². The highest BCUT2D eigenvalue weighted by Crippen LogP contribution is 2.05. The molecule has 0 aliphatic rings. The first kappa shape index (κ1) is 12.9. The zero-order valence-electron chi connectivity index (χ0n) is 8.83. The van der Waals surface area contributed by atoms with Crippen LogP contribution in [0.15, 0.2) is 0 Å². The van der Waals surface area contributed by atoms with Crippen molar-refractivity contribution in [2.24, 2.45) is 5.73 Å². The molecule has 0 aromatic rings. The van der Waals surface area contributed by atoms with Crippen LogP contribution in [-0.2, 0) is 9.59 Å². The number of hydrogen-bond donors (Lipinski definition) is 3. The van der Waals surface area contributed by atoms with Crippen LogP contribution in [-0.4, -0.2) is 28.6 Å². The number of primary amides is 1. The van der Waals surface area contributed by atoms with Gasteiger partial charge in [-0.05, 0) is 27.2 Å². The summed E-state index contributed by atoms with van der Waals surface area (Å²) in [7, 11) is 0. The van der Waals surface area contributed by atoms with E-state index >= 15 is 0 Å². The van der Waals surface area contributed by atoms with E-state index in [4.69, 9.17) is 10.8 Å². The Hall–Kier alpha value is -1.10. The summed E-state index contributed by atoms with van der Waals surface area (Å²) >= 11 is 0. The molecule has 0 fully saturated rings. The van der Waals surface area contributed by atoms with Crippen LogP contribution in [0.1, 0.15) is 33.6 Å². The van der Waals surface area contributed by atoms with Crippen molar-refractivity contribution in [1.82, 2.24) is 5.32 Å². The second-order valence-electron chi connectivity index (χ2n) is 4.28. The maximum absolute atomic E-state index is 11.0. The van der Waals surface area contributed by atoms with E-state index < -0.39 is 17.9 Å². The topological polar surface area (TPSA) is 92.4 Å². The van der Waals surface area contributed by atoms with Crippen molar-refractivity contribution < 1.29 is 14.7 Å². The summed E-state index contributed by atoms with van der Waals surface area (Å²) in [6.45, 7) is 5.68. The van der Waals surface area contributed by atoms with Gasteiger partial charge in [-0.25, -0.2) is 0 Å². The Balaban J connectivity index is 4.17. The molecule has 1 amide bonds. The maximum atomic E-state index is 11.0. The van der Waals surface area contributed by atoms with Crippen molar-refractivity contribution in [3.63, 3.8) is 0 Å². The predicted molar refractivity (Wildman–Crippen MR) is 52.7 cm³/mol. The summed E-state index contributed by atoms with van der Waals surface area (Å²) in [5, 5.41) is 11.4. The molecule has 0 rings (SSSR count). The highest BCUT2D eigenvalue weighted by atomic mass is 16.4. The number of hydrogen-bond acceptors (Lipinski definition) is 3. The number of nitrogens with one attached hydrogen (secondary N) is 1. The van der Waals surface area contributed by atoms with E-state index in [9.17, 15) is 9.59 Å². The van der Waals surface area contributed by atoms with E-state index in [1.54, 1.807) is 0 Å². The highest BCUT2D eigenvalue weighted by Gasteiger charge is 2.22. The molecule has 0 aromatic heterocycles. The van der Waals surface area contributed by atoms with E-state index in [0.717, 1.165) is 0 Å². The van der Waals surface area contributed by atoms with Gasteiger partial charge in [0.15, 0.2) is 0 Å². The van der Waals surface area contributed by atoms with Crippen molar-refractivity contribution in [1.29, 1.82) is 0 Å². The zero-order chi connectivity index (χ0) is 11.4. The Kier molecular flexibility index (Phi) is 4.56. The average molecular weight is 202 g/mol. The molecular weight excluding hydrogens is 184 g/mol. The van der Waals surface area contributed by atoms with Crippen LogP contribution >= 0.6 is 0 Å². The van der Waals surface area contributed by atoms with E-state index in [1.165, 1.54) is 0 Å². The fraction of sp³-hybridized carbons (Fsp3) is 0.778. The molecule has 1 atom stereocenters. The van der Waals surface area contributed by atoms with E-state index in [-0.39, 0.29) is 18.4 Å². The molecule has 1 unspecified atom stereocenters. The normalized spacial score (nSPS) is 13.6. The monoisotopic (exact) mass is 202 g/mol. The molecule has 0 saturated carbocycles. The van der Waals surface area contributed by atoms with Gasteiger partial charge in [0.1, 0.15) is 0 Å². The number of carbonyl (C=O) groups is 2. The van der Waals surface area contributed by atoms with Gasteiger partial charge in [0.25, 0.3) is 0 Å². The van der Waals surface area contributed by atoms with Gasteiger partial charge >= 0.3 is 5.97 Å². The molecule has 5 nitrogen and oxygen atoms in total. The third kappa shape index (κ3) is 6.42. The number of aliphatic carboxylic acids is 1. The molecule has 14 heavy (non-hydrogen) atoms. The average Bonchev–Trinajstić information content (AvgIpc) is 1.94. The molecule has 0 saturated heterocycles. The van der Waals surface area contributed by atoms with Gasteiger partial charge in [-0.15, -0.1) is 0 Å². The first-order valence-corrected chi connectivity index (χ1v) is 4.51. The summed E-state index contributed by atoms with van der Waals surface area (Å²) in [6, 6.07) is -0.578. The van der Waals surface area contributed by atoms with Gasteiger partial charge < -0.3 is 16.2 Å². The molecule has 0 aliphatic carbocycles. The van der Waals surface area contributed by atoms with E-state index in [2.05, 4.69) is 5.32 Å². The van der Waals surface area contributed by atoms with Crippen molar-refractivity contribution in [3.8, 4) is 0 Å². The lowest BCUT2D eigenvalue weighted by Gasteiger charge is -2.26. The van der Waals surface area contributed by atoms with Gasteiger partial charge in [0, 0.05) is 12.0 Å². The molecular formula is C9H18N2O3. The Morgan fingerprint density at radius 1 is 1.43 bits per heavy atom. The Morgan fingerprint density at radius 2 is 1.93 bits per heavy atom. The first-order valence-electron chi connectivity index (χ1n) is 4.51. The van der Waals surface area contributed by atoms with Gasteiger partial charge in [0.05, 0.1) is 6.04 Å². The van der Waals surface area contributed by atoms with E-state index in [1.807, 2.05) is 20.8 Å². The van der Waals surface area contributed by atoms with Gasteiger partial charge in [0.2, 0.25) is 5.91 Å². The largest absolute Gasteiger partial charge is 0.481 e. The van der Waals surface area contributed by atoms with Crippen LogP contribution in [0.3, 0.4) is 0 Å². The number of amides is 1. The van der Waals surface area contributed by atoms with Crippen LogP contribution in [0, 0.1) is 0 Å². The molecule has 0 spiro atoms. The van der Waals surface area contributed by atoms with Crippen LogP contribution in [0.2, 0.25) is 0 Å². The molecule has 0 aliphatic heterocycles. The first-order chi connectivity index (χ1) is 6.22. The standard InChI is InChI=1S/C9H18N2O3/c1-9(2,3)11-6(8(10)14)4-5-7(12)13/h6,11H,4-5H2,1-3H3,(H2,10,14)(H,12,13). The fourth-order valence-corrected chi connectivity index (χ4v) is 1.08. The Bertz CT molecular complexity index is 221. The quantitative estimate of drug-likeness (QED) is 0.589. The van der Waals surface area contributed by atoms with E-state index in [0.29, 0.717) is 0 Å². The number of nitrogens with two attached hydrogens (primary N) is 1. The van der Waals surface area contributed by atoms with Gasteiger partial charge in [-0.3, -0.25) is 9.59 Å².